The van der Waals surface area contributed by atoms with Gasteiger partial charge in [-0.05, 0) is 29.1 Å². The minimum Gasteiger partial charge on any atom is -0.351 e. The third kappa shape index (κ3) is 4.12. The summed E-state index contributed by atoms with van der Waals surface area (Å²) in [6, 6.07) is 8.85. The van der Waals surface area contributed by atoms with Crippen LogP contribution in [0.15, 0.2) is 46.0 Å². The lowest BCUT2D eigenvalue weighted by molar-refractivity contribution is -0.121. The SMILES string of the molecule is CN(CC(=O)NCc1ccc(F)cc1)S(=O)(=O)c1cccs1. The van der Waals surface area contributed by atoms with Crippen LogP contribution in [0.4, 0.5) is 4.39 Å². The van der Waals surface area contributed by atoms with Crippen molar-refractivity contribution in [3.63, 3.8) is 0 Å². The highest BCUT2D eigenvalue weighted by Crippen LogP contribution is 2.19. The van der Waals surface area contributed by atoms with Crippen LogP contribution in [0.1, 0.15) is 5.56 Å². The van der Waals surface area contributed by atoms with E-state index in [1.165, 1.54) is 25.2 Å². The molecule has 1 amide bonds. The second-order valence-corrected chi connectivity index (χ2v) is 7.82. The number of nitrogens with one attached hydrogen (secondary N) is 1. The first-order chi connectivity index (χ1) is 10.4. The van der Waals surface area contributed by atoms with Gasteiger partial charge in [0.25, 0.3) is 10.0 Å². The summed E-state index contributed by atoms with van der Waals surface area (Å²) in [5.74, 6) is -0.774. The molecule has 0 spiro atoms. The molecule has 0 saturated carbocycles. The van der Waals surface area contributed by atoms with Gasteiger partial charge in [0.2, 0.25) is 5.91 Å². The van der Waals surface area contributed by atoms with Gasteiger partial charge in [0.15, 0.2) is 0 Å². The van der Waals surface area contributed by atoms with Crippen LogP contribution in [0, 0.1) is 5.82 Å². The molecule has 0 unspecified atom stereocenters. The van der Waals surface area contributed by atoms with Gasteiger partial charge >= 0.3 is 0 Å². The molecule has 22 heavy (non-hydrogen) atoms. The van der Waals surface area contributed by atoms with Gasteiger partial charge in [-0.1, -0.05) is 18.2 Å². The molecule has 0 aliphatic rings. The second-order valence-electron chi connectivity index (χ2n) is 4.60. The number of amides is 1. The van der Waals surface area contributed by atoms with Crippen molar-refractivity contribution in [3.8, 4) is 0 Å². The zero-order valence-electron chi connectivity index (χ0n) is 11.8. The van der Waals surface area contributed by atoms with Crippen LogP contribution in [0.2, 0.25) is 0 Å². The monoisotopic (exact) mass is 342 g/mol. The quantitative estimate of drug-likeness (QED) is 0.871. The van der Waals surface area contributed by atoms with Gasteiger partial charge in [-0.3, -0.25) is 4.79 Å². The molecule has 0 aliphatic carbocycles. The summed E-state index contributed by atoms with van der Waals surface area (Å²) in [7, 11) is -2.28. The van der Waals surface area contributed by atoms with E-state index in [0.717, 1.165) is 21.2 Å². The molecule has 1 N–H and O–H groups in total. The molecule has 0 radical (unpaired) electrons. The Labute approximate surface area is 132 Å². The first-order valence-electron chi connectivity index (χ1n) is 6.40. The number of sulfonamides is 1. The summed E-state index contributed by atoms with van der Waals surface area (Å²) in [5.41, 5.74) is 0.735. The highest BCUT2D eigenvalue weighted by molar-refractivity contribution is 7.91. The number of thiophene rings is 1. The van der Waals surface area contributed by atoms with E-state index in [1.54, 1.807) is 23.6 Å². The van der Waals surface area contributed by atoms with Gasteiger partial charge in [0.05, 0.1) is 6.54 Å². The summed E-state index contributed by atoms with van der Waals surface area (Å²) >= 11 is 1.10. The molecule has 1 heterocycles. The van der Waals surface area contributed by atoms with E-state index in [0.29, 0.717) is 0 Å². The number of benzene rings is 1. The van der Waals surface area contributed by atoms with Gasteiger partial charge in [-0.25, -0.2) is 12.8 Å². The lowest BCUT2D eigenvalue weighted by atomic mass is 10.2. The molecule has 1 aromatic carbocycles. The molecule has 118 valence electrons. The fourth-order valence-electron chi connectivity index (χ4n) is 1.71. The van der Waals surface area contributed by atoms with Crippen LogP contribution in [0.25, 0.3) is 0 Å². The van der Waals surface area contributed by atoms with Crippen molar-refractivity contribution in [2.24, 2.45) is 0 Å². The number of carbonyl (C=O) groups excluding carboxylic acids is 1. The van der Waals surface area contributed by atoms with E-state index < -0.39 is 15.9 Å². The average molecular weight is 342 g/mol. The number of carbonyl (C=O) groups is 1. The Morgan fingerprint density at radius 1 is 1.27 bits per heavy atom. The second kappa shape index (κ2) is 6.99. The fourth-order valence-corrected chi connectivity index (χ4v) is 4.04. The van der Waals surface area contributed by atoms with Gasteiger partial charge in [-0.2, -0.15) is 4.31 Å². The summed E-state index contributed by atoms with van der Waals surface area (Å²) in [4.78, 5) is 11.8. The first-order valence-corrected chi connectivity index (χ1v) is 8.72. The van der Waals surface area contributed by atoms with Crippen molar-refractivity contribution < 1.29 is 17.6 Å². The van der Waals surface area contributed by atoms with Gasteiger partial charge in [0.1, 0.15) is 10.0 Å². The minimum absolute atomic E-state index is 0.196. The number of hydrogen-bond donors (Lipinski definition) is 1. The molecule has 0 bridgehead atoms. The smallest absolute Gasteiger partial charge is 0.252 e. The predicted molar refractivity (Wildman–Crippen MR) is 82.4 cm³/mol. The summed E-state index contributed by atoms with van der Waals surface area (Å²) in [6.45, 7) is -0.0621. The van der Waals surface area contributed by atoms with Crippen LogP contribution in [-0.2, 0) is 21.4 Å². The van der Waals surface area contributed by atoms with Crippen LogP contribution in [-0.4, -0.2) is 32.2 Å². The van der Waals surface area contributed by atoms with Crippen LogP contribution in [0.5, 0.6) is 0 Å². The van der Waals surface area contributed by atoms with E-state index in [-0.39, 0.29) is 23.1 Å². The van der Waals surface area contributed by atoms with E-state index in [2.05, 4.69) is 5.32 Å². The van der Waals surface area contributed by atoms with Crippen molar-refractivity contribution in [3.05, 3.63) is 53.2 Å². The minimum atomic E-state index is -3.64. The Morgan fingerprint density at radius 3 is 2.55 bits per heavy atom. The number of halogens is 1. The van der Waals surface area contributed by atoms with Crippen molar-refractivity contribution in [2.75, 3.05) is 13.6 Å². The molecule has 0 saturated heterocycles. The van der Waals surface area contributed by atoms with E-state index >= 15 is 0 Å². The largest absolute Gasteiger partial charge is 0.351 e. The summed E-state index contributed by atoms with van der Waals surface area (Å²) in [6.07, 6.45) is 0. The van der Waals surface area contributed by atoms with Crippen molar-refractivity contribution in [1.82, 2.24) is 9.62 Å². The number of rotatable bonds is 6. The molecular weight excluding hydrogens is 327 g/mol. The van der Waals surface area contributed by atoms with Crippen molar-refractivity contribution in [1.29, 1.82) is 0 Å². The third-order valence-corrected chi connectivity index (χ3v) is 6.11. The Kier molecular flexibility index (Phi) is 5.28. The summed E-state index contributed by atoms with van der Waals surface area (Å²) in [5, 5.41) is 4.26. The Bertz CT molecular complexity index is 728. The van der Waals surface area contributed by atoms with Crippen LogP contribution < -0.4 is 5.32 Å². The van der Waals surface area contributed by atoms with Crippen molar-refractivity contribution in [2.45, 2.75) is 10.8 Å². The molecule has 5 nitrogen and oxygen atoms in total. The molecule has 2 rings (SSSR count). The molecular formula is C14H15FN2O3S2. The number of hydrogen-bond acceptors (Lipinski definition) is 4. The molecule has 1 aromatic heterocycles. The topological polar surface area (TPSA) is 66.5 Å². The zero-order chi connectivity index (χ0) is 16.2. The standard InChI is InChI=1S/C14H15FN2O3S2/c1-17(22(19,20)14-3-2-8-21-14)10-13(18)16-9-11-4-6-12(15)7-5-11/h2-8H,9-10H2,1H3,(H,16,18). The normalized spacial score (nSPS) is 11.6. The maximum absolute atomic E-state index is 12.8. The van der Waals surface area contributed by atoms with Crippen molar-refractivity contribution >= 4 is 27.3 Å². The lowest BCUT2D eigenvalue weighted by Crippen LogP contribution is -2.37. The Hall–Kier alpha value is -1.77. The Balaban J connectivity index is 1.90. The van der Waals surface area contributed by atoms with Gasteiger partial charge in [-0.15, -0.1) is 11.3 Å². The lowest BCUT2D eigenvalue weighted by Gasteiger charge is -2.15. The predicted octanol–water partition coefficient (Wildman–Crippen LogP) is 1.82. The van der Waals surface area contributed by atoms with Gasteiger partial charge in [0, 0.05) is 13.6 Å². The fraction of sp³-hybridized carbons (Fsp3) is 0.214. The molecule has 0 fully saturated rings. The Morgan fingerprint density at radius 2 is 1.95 bits per heavy atom. The zero-order valence-corrected chi connectivity index (χ0v) is 13.5. The highest BCUT2D eigenvalue weighted by Gasteiger charge is 2.23. The van der Waals surface area contributed by atoms with E-state index in [4.69, 9.17) is 0 Å². The average Bonchev–Trinajstić information content (AvgIpc) is 3.01. The third-order valence-electron chi connectivity index (χ3n) is 2.93. The molecule has 0 aliphatic heterocycles. The number of likely N-dealkylation sites (N-methyl/N-ethyl adjacent to an activating group) is 1. The summed E-state index contributed by atoms with van der Waals surface area (Å²) < 4.78 is 38.3. The molecule has 8 heteroatoms. The van der Waals surface area contributed by atoms with Crippen LogP contribution >= 0.6 is 11.3 Å². The molecule has 0 atom stereocenters. The first kappa shape index (κ1) is 16.6. The maximum Gasteiger partial charge on any atom is 0.252 e. The maximum atomic E-state index is 12.8. The molecule has 2 aromatic rings. The highest BCUT2D eigenvalue weighted by atomic mass is 32.2. The van der Waals surface area contributed by atoms with Gasteiger partial charge < -0.3 is 5.32 Å². The van der Waals surface area contributed by atoms with Crippen LogP contribution in [0.3, 0.4) is 0 Å². The van der Waals surface area contributed by atoms with E-state index in [1.807, 2.05) is 0 Å². The number of nitrogens with zero attached hydrogens (tertiary/aromatic N) is 1. The van der Waals surface area contributed by atoms with E-state index in [9.17, 15) is 17.6 Å².